The molecule has 2 heterocycles. The predicted molar refractivity (Wildman–Crippen MR) is 123 cm³/mol. The summed E-state index contributed by atoms with van der Waals surface area (Å²) in [6.07, 6.45) is 4.48. The van der Waals surface area contributed by atoms with E-state index in [2.05, 4.69) is 10.5 Å². The number of carbonyl (C=O) groups is 1. The summed E-state index contributed by atoms with van der Waals surface area (Å²) >= 11 is 12.5. The molecular formula is C23H25Cl2FN4O. The molecule has 2 aliphatic rings. The fourth-order valence-electron chi connectivity index (χ4n) is 4.23. The Labute approximate surface area is 191 Å². The van der Waals surface area contributed by atoms with Crippen molar-refractivity contribution in [3.8, 4) is 0 Å². The highest BCUT2D eigenvalue weighted by atomic mass is 35.5. The zero-order valence-electron chi connectivity index (χ0n) is 17.3. The van der Waals surface area contributed by atoms with Crippen molar-refractivity contribution in [2.75, 3.05) is 18.1 Å². The molecule has 31 heavy (non-hydrogen) atoms. The summed E-state index contributed by atoms with van der Waals surface area (Å²) in [6, 6.07) is 11.1. The third-order valence-corrected chi connectivity index (χ3v) is 6.39. The molecule has 2 atom stereocenters. The molecule has 0 radical (unpaired) electrons. The summed E-state index contributed by atoms with van der Waals surface area (Å²) in [7, 11) is 0. The quantitative estimate of drug-likeness (QED) is 0.643. The highest BCUT2D eigenvalue weighted by molar-refractivity contribution is 6.41. The second kappa shape index (κ2) is 9.55. The van der Waals surface area contributed by atoms with Crippen molar-refractivity contribution in [3.63, 3.8) is 0 Å². The highest BCUT2D eigenvalue weighted by Gasteiger charge is 2.40. The first-order valence-electron chi connectivity index (χ1n) is 10.6. The number of hydrazone groups is 1. The zero-order chi connectivity index (χ0) is 22.0. The fourth-order valence-corrected chi connectivity index (χ4v) is 4.72. The maximum Gasteiger partial charge on any atom is 0.282 e. The molecule has 1 saturated heterocycles. The number of hydrogen-bond acceptors (Lipinski definition) is 4. The number of rotatable bonds is 4. The van der Waals surface area contributed by atoms with Gasteiger partial charge in [0, 0.05) is 24.0 Å². The minimum Gasteiger partial charge on any atom is -0.284 e. The SMILES string of the molecule is C[C@H]1C(C(=O)NN2CCCCCC2)=NN(c2ccc(Cl)cc2Cl)C1c1ccc(F)cc1. The van der Waals surface area contributed by atoms with Gasteiger partial charge >= 0.3 is 0 Å². The average molecular weight is 463 g/mol. The smallest absolute Gasteiger partial charge is 0.282 e. The fraction of sp³-hybridized carbons (Fsp3) is 0.391. The van der Waals surface area contributed by atoms with Crippen LogP contribution in [0.5, 0.6) is 0 Å². The van der Waals surface area contributed by atoms with E-state index in [1.54, 1.807) is 35.3 Å². The number of hydrazine groups is 1. The van der Waals surface area contributed by atoms with E-state index in [0.717, 1.165) is 31.5 Å². The van der Waals surface area contributed by atoms with Crippen molar-refractivity contribution in [1.82, 2.24) is 10.4 Å². The van der Waals surface area contributed by atoms with E-state index in [4.69, 9.17) is 23.2 Å². The first-order valence-corrected chi connectivity index (χ1v) is 11.3. The van der Waals surface area contributed by atoms with Crippen molar-refractivity contribution in [1.29, 1.82) is 0 Å². The molecule has 2 aromatic rings. The number of benzene rings is 2. The molecule has 1 fully saturated rings. The molecule has 0 bridgehead atoms. The van der Waals surface area contributed by atoms with Crippen LogP contribution in [0.4, 0.5) is 10.1 Å². The van der Waals surface area contributed by atoms with Crippen molar-refractivity contribution < 1.29 is 9.18 Å². The van der Waals surface area contributed by atoms with E-state index in [1.165, 1.54) is 25.0 Å². The van der Waals surface area contributed by atoms with Crippen LogP contribution in [0.3, 0.4) is 0 Å². The van der Waals surface area contributed by atoms with Gasteiger partial charge < -0.3 is 0 Å². The molecule has 0 saturated carbocycles. The topological polar surface area (TPSA) is 47.9 Å². The minimum absolute atomic E-state index is 0.214. The Hall–Kier alpha value is -2.15. The van der Waals surface area contributed by atoms with E-state index in [9.17, 15) is 9.18 Å². The number of nitrogens with zero attached hydrogens (tertiary/aromatic N) is 3. The molecule has 1 amide bonds. The van der Waals surface area contributed by atoms with E-state index < -0.39 is 0 Å². The van der Waals surface area contributed by atoms with Crippen LogP contribution in [0, 0.1) is 11.7 Å². The number of nitrogens with one attached hydrogen (secondary N) is 1. The van der Waals surface area contributed by atoms with Crippen LogP contribution in [-0.4, -0.2) is 29.7 Å². The van der Waals surface area contributed by atoms with Crippen molar-refractivity contribution in [2.45, 2.75) is 38.6 Å². The van der Waals surface area contributed by atoms with E-state index in [-0.39, 0.29) is 23.7 Å². The number of amides is 1. The summed E-state index contributed by atoms with van der Waals surface area (Å²) in [5, 5.41) is 9.37. The van der Waals surface area contributed by atoms with Crippen LogP contribution in [0.25, 0.3) is 0 Å². The van der Waals surface area contributed by atoms with Crippen LogP contribution in [0.15, 0.2) is 47.6 Å². The molecule has 1 unspecified atom stereocenters. The van der Waals surface area contributed by atoms with Crippen LogP contribution in [0.1, 0.15) is 44.2 Å². The van der Waals surface area contributed by atoms with Gasteiger partial charge in [0.05, 0.1) is 16.8 Å². The zero-order valence-corrected chi connectivity index (χ0v) is 18.8. The largest absolute Gasteiger partial charge is 0.284 e. The Morgan fingerprint density at radius 3 is 2.39 bits per heavy atom. The molecule has 2 aliphatic heterocycles. The van der Waals surface area contributed by atoms with Crippen LogP contribution in [0.2, 0.25) is 10.0 Å². The molecular weight excluding hydrogens is 438 g/mol. The lowest BCUT2D eigenvalue weighted by Gasteiger charge is -2.27. The van der Waals surface area contributed by atoms with Gasteiger partial charge in [0.1, 0.15) is 11.5 Å². The molecule has 4 rings (SSSR count). The summed E-state index contributed by atoms with van der Waals surface area (Å²) < 4.78 is 13.6. The summed E-state index contributed by atoms with van der Waals surface area (Å²) in [6.45, 7) is 3.63. The molecule has 0 aromatic heterocycles. The summed E-state index contributed by atoms with van der Waals surface area (Å²) in [5.41, 5.74) is 4.94. The molecule has 2 aromatic carbocycles. The molecule has 0 aliphatic carbocycles. The van der Waals surface area contributed by atoms with Gasteiger partial charge in [-0.3, -0.25) is 15.2 Å². The van der Waals surface area contributed by atoms with Gasteiger partial charge in [-0.1, -0.05) is 55.1 Å². The third kappa shape index (κ3) is 4.86. The van der Waals surface area contributed by atoms with Gasteiger partial charge in [-0.05, 0) is 48.7 Å². The Morgan fingerprint density at radius 2 is 1.74 bits per heavy atom. The van der Waals surface area contributed by atoms with Gasteiger partial charge in [-0.15, -0.1) is 0 Å². The average Bonchev–Trinajstić information content (AvgIpc) is 2.89. The van der Waals surface area contributed by atoms with Crippen molar-refractivity contribution in [2.24, 2.45) is 11.0 Å². The lowest BCUT2D eigenvalue weighted by Crippen LogP contribution is -2.46. The molecule has 1 N–H and O–H groups in total. The number of anilines is 1. The number of halogens is 3. The Morgan fingerprint density at radius 1 is 1.06 bits per heavy atom. The lowest BCUT2D eigenvalue weighted by atomic mass is 9.91. The second-order valence-electron chi connectivity index (χ2n) is 8.05. The first kappa shape index (κ1) is 22.1. The van der Waals surface area contributed by atoms with E-state index in [1.807, 2.05) is 11.9 Å². The van der Waals surface area contributed by atoms with Crippen molar-refractivity contribution in [3.05, 3.63) is 63.9 Å². The van der Waals surface area contributed by atoms with Crippen LogP contribution >= 0.6 is 23.2 Å². The van der Waals surface area contributed by atoms with Gasteiger partial charge in [-0.2, -0.15) is 5.10 Å². The van der Waals surface area contributed by atoms with Gasteiger partial charge in [-0.25, -0.2) is 9.40 Å². The van der Waals surface area contributed by atoms with E-state index >= 15 is 0 Å². The molecule has 164 valence electrons. The van der Waals surface area contributed by atoms with Gasteiger partial charge in [0.2, 0.25) is 0 Å². The Balaban J connectivity index is 1.66. The summed E-state index contributed by atoms with van der Waals surface area (Å²) in [4.78, 5) is 13.2. The maximum absolute atomic E-state index is 13.6. The third-order valence-electron chi connectivity index (χ3n) is 5.85. The monoisotopic (exact) mass is 462 g/mol. The van der Waals surface area contributed by atoms with Crippen LogP contribution < -0.4 is 10.4 Å². The molecule has 5 nitrogen and oxygen atoms in total. The number of carbonyl (C=O) groups excluding carboxylic acids is 1. The van der Waals surface area contributed by atoms with Gasteiger partial charge in [0.25, 0.3) is 5.91 Å². The normalized spacial score (nSPS) is 22.2. The standard InChI is InChI=1S/C23H25Cl2FN4O/c1-15-21(23(31)28-29-12-4-2-3-5-13-29)27-30(20-11-8-17(24)14-19(20)25)22(15)16-6-9-18(26)10-7-16/h6-11,14-15,22H,2-5,12-13H2,1H3,(H,28,31)/t15-,22?/m0/s1. The molecule has 0 spiro atoms. The lowest BCUT2D eigenvalue weighted by molar-refractivity contribution is -0.119. The van der Waals surface area contributed by atoms with Crippen molar-refractivity contribution >= 4 is 40.5 Å². The van der Waals surface area contributed by atoms with E-state index in [0.29, 0.717) is 21.4 Å². The highest BCUT2D eigenvalue weighted by Crippen LogP contribution is 2.42. The Kier molecular flexibility index (Phi) is 6.80. The van der Waals surface area contributed by atoms with Gasteiger partial charge in [0.15, 0.2) is 0 Å². The second-order valence-corrected chi connectivity index (χ2v) is 8.90. The maximum atomic E-state index is 13.6. The summed E-state index contributed by atoms with van der Waals surface area (Å²) in [5.74, 6) is -0.760. The predicted octanol–water partition coefficient (Wildman–Crippen LogP) is 5.59. The first-order chi connectivity index (χ1) is 14.9. The molecule has 8 heteroatoms. The van der Waals surface area contributed by atoms with Crippen LogP contribution in [-0.2, 0) is 4.79 Å². The minimum atomic E-state index is -0.314. The Bertz CT molecular complexity index is 974. The number of hydrogen-bond donors (Lipinski definition) is 1.